The molecule has 120 valence electrons. The molecule has 6 heteroatoms. The van der Waals surface area contributed by atoms with E-state index < -0.39 is 0 Å². The summed E-state index contributed by atoms with van der Waals surface area (Å²) < 4.78 is 23.8. The van der Waals surface area contributed by atoms with E-state index in [1.165, 1.54) is 32.4 Å². The first-order chi connectivity index (χ1) is 11.1. The van der Waals surface area contributed by atoms with Gasteiger partial charge in [0.25, 0.3) is 0 Å². The summed E-state index contributed by atoms with van der Waals surface area (Å²) in [6.07, 6.45) is 1.51. The minimum Gasteiger partial charge on any atom is -0.493 e. The average molecular weight is 316 g/mol. The van der Waals surface area contributed by atoms with E-state index in [4.69, 9.17) is 9.47 Å². The van der Waals surface area contributed by atoms with E-state index in [2.05, 4.69) is 10.5 Å². The van der Waals surface area contributed by atoms with Crippen molar-refractivity contribution in [3.05, 3.63) is 59.4 Å². The molecule has 0 fully saturated rings. The summed E-state index contributed by atoms with van der Waals surface area (Å²) in [4.78, 5) is 10.8. The van der Waals surface area contributed by atoms with Crippen molar-refractivity contribution in [2.75, 3.05) is 7.11 Å². The maximum absolute atomic E-state index is 12.9. The summed E-state index contributed by atoms with van der Waals surface area (Å²) in [5, 5.41) is 3.79. The Morgan fingerprint density at radius 3 is 2.61 bits per heavy atom. The molecule has 5 nitrogen and oxygen atoms in total. The van der Waals surface area contributed by atoms with Gasteiger partial charge in [0.1, 0.15) is 12.4 Å². The smallest absolute Gasteiger partial charge is 0.236 e. The summed E-state index contributed by atoms with van der Waals surface area (Å²) in [6.45, 7) is 1.68. The van der Waals surface area contributed by atoms with Crippen LogP contribution in [0.15, 0.2) is 47.6 Å². The van der Waals surface area contributed by atoms with Crippen LogP contribution in [-0.4, -0.2) is 19.2 Å². The Labute approximate surface area is 133 Å². The fourth-order valence-electron chi connectivity index (χ4n) is 1.82. The zero-order chi connectivity index (χ0) is 16.7. The van der Waals surface area contributed by atoms with Gasteiger partial charge in [0.05, 0.1) is 13.3 Å². The zero-order valence-electron chi connectivity index (χ0n) is 12.9. The standard InChI is InChI=1S/C17H17FN2O3/c1-12(21)20-19-10-14-5-8-16(17(9-14)22-2)23-11-13-3-6-15(18)7-4-13/h3-10H,11H2,1-2H3,(H,20,21)/b19-10-. The van der Waals surface area contributed by atoms with Gasteiger partial charge in [0.15, 0.2) is 11.5 Å². The largest absolute Gasteiger partial charge is 0.493 e. The molecular weight excluding hydrogens is 299 g/mol. The monoisotopic (exact) mass is 316 g/mol. The van der Waals surface area contributed by atoms with E-state index in [0.717, 1.165) is 11.1 Å². The van der Waals surface area contributed by atoms with Crippen LogP contribution in [0.5, 0.6) is 11.5 Å². The van der Waals surface area contributed by atoms with Gasteiger partial charge in [-0.15, -0.1) is 0 Å². The second-order valence-electron chi connectivity index (χ2n) is 4.75. The predicted octanol–water partition coefficient (Wildman–Crippen LogP) is 2.88. The number of methoxy groups -OCH3 is 1. The number of amides is 1. The fraction of sp³-hybridized carbons (Fsp3) is 0.176. The van der Waals surface area contributed by atoms with Crippen molar-refractivity contribution in [1.82, 2.24) is 5.43 Å². The summed E-state index contributed by atoms with van der Waals surface area (Å²) in [6, 6.07) is 11.4. The molecule has 23 heavy (non-hydrogen) atoms. The van der Waals surface area contributed by atoms with Crippen LogP contribution in [0.25, 0.3) is 0 Å². The second-order valence-corrected chi connectivity index (χ2v) is 4.75. The van der Waals surface area contributed by atoms with E-state index in [1.807, 2.05) is 0 Å². The lowest BCUT2D eigenvalue weighted by atomic mass is 10.2. The van der Waals surface area contributed by atoms with Crippen molar-refractivity contribution in [2.24, 2.45) is 5.10 Å². The molecule has 0 saturated carbocycles. The average Bonchev–Trinajstić information content (AvgIpc) is 2.54. The summed E-state index contributed by atoms with van der Waals surface area (Å²) in [7, 11) is 1.54. The van der Waals surface area contributed by atoms with Gasteiger partial charge in [-0.1, -0.05) is 12.1 Å². The summed E-state index contributed by atoms with van der Waals surface area (Å²) in [5.41, 5.74) is 3.93. The van der Waals surface area contributed by atoms with Gasteiger partial charge in [-0.3, -0.25) is 4.79 Å². The van der Waals surface area contributed by atoms with Gasteiger partial charge in [-0.05, 0) is 41.5 Å². The van der Waals surface area contributed by atoms with Crippen LogP contribution in [0.1, 0.15) is 18.1 Å². The lowest BCUT2D eigenvalue weighted by Crippen LogP contribution is -2.12. The third kappa shape index (κ3) is 5.10. The minimum absolute atomic E-state index is 0.243. The first-order valence-electron chi connectivity index (χ1n) is 6.93. The van der Waals surface area contributed by atoms with Crippen molar-refractivity contribution in [3.63, 3.8) is 0 Å². The Kier molecular flexibility index (Phi) is 5.68. The highest BCUT2D eigenvalue weighted by Crippen LogP contribution is 2.28. The highest BCUT2D eigenvalue weighted by Gasteiger charge is 2.06. The number of hydrogen-bond donors (Lipinski definition) is 1. The Morgan fingerprint density at radius 2 is 1.96 bits per heavy atom. The molecule has 0 aliphatic rings. The Bertz CT molecular complexity index is 699. The van der Waals surface area contributed by atoms with E-state index >= 15 is 0 Å². The van der Waals surface area contributed by atoms with Crippen LogP contribution in [0.4, 0.5) is 4.39 Å². The zero-order valence-corrected chi connectivity index (χ0v) is 12.9. The molecule has 0 radical (unpaired) electrons. The number of benzene rings is 2. The first kappa shape index (κ1) is 16.5. The van der Waals surface area contributed by atoms with Crippen LogP contribution < -0.4 is 14.9 Å². The molecule has 0 aliphatic carbocycles. The number of halogens is 1. The maximum atomic E-state index is 12.9. The molecule has 0 atom stereocenters. The fourth-order valence-corrected chi connectivity index (χ4v) is 1.82. The van der Waals surface area contributed by atoms with Crippen molar-refractivity contribution in [1.29, 1.82) is 0 Å². The Balaban J connectivity index is 2.05. The minimum atomic E-state index is -0.283. The Hall–Kier alpha value is -2.89. The van der Waals surface area contributed by atoms with Gasteiger partial charge in [0.2, 0.25) is 5.91 Å². The molecule has 0 unspecified atom stereocenters. The van der Waals surface area contributed by atoms with Crippen LogP contribution in [-0.2, 0) is 11.4 Å². The highest BCUT2D eigenvalue weighted by molar-refractivity contribution is 5.82. The van der Waals surface area contributed by atoms with Gasteiger partial charge < -0.3 is 9.47 Å². The van der Waals surface area contributed by atoms with E-state index in [9.17, 15) is 9.18 Å². The van der Waals surface area contributed by atoms with E-state index in [0.29, 0.717) is 18.1 Å². The van der Waals surface area contributed by atoms with Crippen molar-refractivity contribution < 1.29 is 18.7 Å². The number of carbonyl (C=O) groups excluding carboxylic acids is 1. The molecule has 0 spiro atoms. The Morgan fingerprint density at radius 1 is 1.22 bits per heavy atom. The molecule has 0 heterocycles. The third-order valence-electron chi connectivity index (χ3n) is 2.93. The molecule has 2 aromatic rings. The van der Waals surface area contributed by atoms with Crippen molar-refractivity contribution in [3.8, 4) is 11.5 Å². The number of rotatable bonds is 6. The molecule has 1 amide bonds. The number of nitrogens with one attached hydrogen (secondary N) is 1. The lowest BCUT2D eigenvalue weighted by molar-refractivity contribution is -0.118. The van der Waals surface area contributed by atoms with Crippen LogP contribution in [0.3, 0.4) is 0 Å². The SMILES string of the molecule is COc1cc(/C=N\NC(C)=O)ccc1OCc1ccc(F)cc1. The topological polar surface area (TPSA) is 59.9 Å². The van der Waals surface area contributed by atoms with E-state index in [-0.39, 0.29) is 11.7 Å². The number of hydrazone groups is 1. The quantitative estimate of drug-likeness (QED) is 0.658. The first-order valence-corrected chi connectivity index (χ1v) is 6.93. The molecular formula is C17H17FN2O3. The normalized spacial score (nSPS) is 10.6. The van der Waals surface area contributed by atoms with E-state index in [1.54, 1.807) is 30.3 Å². The van der Waals surface area contributed by atoms with Crippen molar-refractivity contribution >= 4 is 12.1 Å². The number of ether oxygens (including phenoxy) is 2. The van der Waals surface area contributed by atoms with Crippen molar-refractivity contribution in [2.45, 2.75) is 13.5 Å². The molecule has 0 bridgehead atoms. The van der Waals surface area contributed by atoms with Gasteiger partial charge in [-0.2, -0.15) is 5.10 Å². The molecule has 1 N–H and O–H groups in total. The van der Waals surface area contributed by atoms with Crippen LogP contribution in [0.2, 0.25) is 0 Å². The molecule has 0 aromatic heterocycles. The number of nitrogens with zero attached hydrogens (tertiary/aromatic N) is 1. The van der Waals surface area contributed by atoms with Crippen LogP contribution >= 0.6 is 0 Å². The molecule has 0 aliphatic heterocycles. The highest BCUT2D eigenvalue weighted by atomic mass is 19.1. The molecule has 2 rings (SSSR count). The number of carbonyl (C=O) groups is 1. The maximum Gasteiger partial charge on any atom is 0.236 e. The summed E-state index contributed by atoms with van der Waals surface area (Å²) >= 11 is 0. The van der Waals surface area contributed by atoms with Gasteiger partial charge in [-0.25, -0.2) is 9.82 Å². The third-order valence-corrected chi connectivity index (χ3v) is 2.93. The molecule has 2 aromatic carbocycles. The van der Waals surface area contributed by atoms with Crippen LogP contribution in [0, 0.1) is 5.82 Å². The second kappa shape index (κ2) is 7.93. The summed E-state index contributed by atoms with van der Waals surface area (Å²) in [5.74, 6) is 0.578. The van der Waals surface area contributed by atoms with Gasteiger partial charge in [0, 0.05) is 6.92 Å². The predicted molar refractivity (Wildman–Crippen MR) is 85.1 cm³/mol. The number of hydrogen-bond acceptors (Lipinski definition) is 4. The van der Waals surface area contributed by atoms with Gasteiger partial charge >= 0.3 is 0 Å². The molecule has 0 saturated heterocycles. The lowest BCUT2D eigenvalue weighted by Gasteiger charge is -2.11.